The minimum Gasteiger partial charge on any atom is -0.373 e. The molecule has 96 valence electrons. The topological polar surface area (TPSA) is 27.7 Å². The molecule has 0 spiro atoms. The lowest BCUT2D eigenvalue weighted by Gasteiger charge is -2.27. The lowest BCUT2D eigenvalue weighted by molar-refractivity contribution is 0.140. The summed E-state index contributed by atoms with van der Waals surface area (Å²) in [4.78, 5) is 0. The fourth-order valence-corrected chi connectivity index (χ4v) is 7.34. The van der Waals surface area contributed by atoms with Crippen LogP contribution in [0, 0.1) is 0 Å². The SMILES string of the molecule is CO[Si](OC)(OC)c1ccccc1[Si](Cl)(Cl)Cl. The molecule has 0 aliphatic carbocycles. The molecule has 0 N–H and O–H groups in total. The molecule has 17 heavy (non-hydrogen) atoms. The van der Waals surface area contributed by atoms with Crippen molar-refractivity contribution in [3.8, 4) is 0 Å². The van der Waals surface area contributed by atoms with E-state index in [4.69, 9.17) is 46.5 Å². The zero-order valence-electron chi connectivity index (χ0n) is 9.67. The van der Waals surface area contributed by atoms with Gasteiger partial charge in [0.05, 0.1) is 0 Å². The quantitative estimate of drug-likeness (QED) is 0.606. The van der Waals surface area contributed by atoms with Crippen LogP contribution < -0.4 is 10.4 Å². The van der Waals surface area contributed by atoms with E-state index < -0.39 is 14.8 Å². The monoisotopic (exact) mass is 330 g/mol. The van der Waals surface area contributed by atoms with Crippen LogP contribution in [0.15, 0.2) is 24.3 Å². The van der Waals surface area contributed by atoms with Crippen molar-refractivity contribution in [1.29, 1.82) is 0 Å². The van der Waals surface area contributed by atoms with E-state index in [-0.39, 0.29) is 0 Å². The van der Waals surface area contributed by atoms with E-state index in [1.54, 1.807) is 6.07 Å². The highest BCUT2D eigenvalue weighted by atomic mass is 35.8. The van der Waals surface area contributed by atoms with Crippen molar-refractivity contribution >= 4 is 58.4 Å². The summed E-state index contributed by atoms with van der Waals surface area (Å²) in [5.74, 6) is 0. The minimum atomic E-state index is -3.03. The van der Waals surface area contributed by atoms with Crippen LogP contribution >= 0.6 is 33.2 Å². The Morgan fingerprint density at radius 1 is 0.824 bits per heavy atom. The van der Waals surface area contributed by atoms with Crippen LogP contribution in [0.4, 0.5) is 0 Å². The van der Waals surface area contributed by atoms with Crippen LogP contribution in [0.5, 0.6) is 0 Å². The molecule has 0 aromatic heterocycles. The van der Waals surface area contributed by atoms with Crippen LogP contribution in [0.3, 0.4) is 0 Å². The molecule has 0 fully saturated rings. The van der Waals surface area contributed by atoms with E-state index >= 15 is 0 Å². The van der Waals surface area contributed by atoms with E-state index in [1.165, 1.54) is 21.3 Å². The van der Waals surface area contributed by atoms with Crippen LogP contribution in [-0.4, -0.2) is 36.1 Å². The molecule has 0 unspecified atom stereocenters. The summed E-state index contributed by atoms with van der Waals surface area (Å²) in [7, 11) is 1.60. The molecule has 0 aliphatic rings. The number of halogens is 3. The smallest absolute Gasteiger partial charge is 0.373 e. The Balaban J connectivity index is 3.39. The van der Waals surface area contributed by atoms with Crippen molar-refractivity contribution in [3.05, 3.63) is 24.3 Å². The first-order chi connectivity index (χ1) is 7.91. The molecule has 0 saturated carbocycles. The molecule has 0 saturated heterocycles. The molecule has 0 bridgehead atoms. The largest absolute Gasteiger partial charge is 0.536 e. The third-order valence-electron chi connectivity index (χ3n) is 2.37. The average Bonchev–Trinajstić information content (AvgIpc) is 2.31. The van der Waals surface area contributed by atoms with Gasteiger partial charge in [-0.05, 0) is 5.19 Å². The molecule has 3 nitrogen and oxygen atoms in total. The molecule has 0 radical (unpaired) electrons. The molecular formula is C9H13Cl3O3Si2. The predicted molar refractivity (Wildman–Crippen MR) is 75.8 cm³/mol. The van der Waals surface area contributed by atoms with Crippen molar-refractivity contribution in [2.75, 3.05) is 21.3 Å². The molecule has 1 rings (SSSR count). The minimum absolute atomic E-state index is 0.641. The molecule has 1 aromatic carbocycles. The summed E-state index contributed by atoms with van der Waals surface area (Å²) in [6.45, 7) is 0. The van der Waals surface area contributed by atoms with Crippen LogP contribution in [-0.2, 0) is 13.3 Å². The highest BCUT2D eigenvalue weighted by molar-refractivity contribution is 7.69. The predicted octanol–water partition coefficient (Wildman–Crippen LogP) is 1.63. The standard InChI is InChI=1S/C9H13Cl3O3Si2/c1-13-17(14-2,15-3)9-7-5-4-6-8(9)16(10,11)12/h4-7H,1-3H3. The maximum absolute atomic E-state index is 6.07. The molecule has 1 aromatic rings. The third kappa shape index (κ3) is 3.24. The molecule has 0 atom stereocenters. The molecule has 8 heteroatoms. The number of benzene rings is 1. The van der Waals surface area contributed by atoms with Gasteiger partial charge in [0, 0.05) is 26.5 Å². The first-order valence-corrected chi connectivity index (χ1v) is 11.5. The Labute approximate surface area is 117 Å². The highest BCUT2D eigenvalue weighted by Gasteiger charge is 2.46. The van der Waals surface area contributed by atoms with Gasteiger partial charge in [-0.15, -0.1) is 33.2 Å². The summed E-state index contributed by atoms with van der Waals surface area (Å²) in [5.41, 5.74) is 0. The van der Waals surface area contributed by atoms with E-state index in [1.807, 2.05) is 18.2 Å². The lowest BCUT2D eigenvalue weighted by Crippen LogP contribution is -2.62. The van der Waals surface area contributed by atoms with Gasteiger partial charge in [0.15, 0.2) is 0 Å². The Kier molecular flexibility index (Phi) is 5.49. The Morgan fingerprint density at radius 3 is 1.59 bits per heavy atom. The molecular weight excluding hydrogens is 319 g/mol. The van der Waals surface area contributed by atoms with E-state index in [0.29, 0.717) is 10.4 Å². The summed E-state index contributed by atoms with van der Waals surface area (Å²) in [6, 6.07) is 4.21. The zero-order chi connectivity index (χ0) is 13.1. The summed E-state index contributed by atoms with van der Waals surface area (Å²) >= 11 is 18.2. The van der Waals surface area contributed by atoms with Crippen LogP contribution in [0.1, 0.15) is 0 Å². The van der Waals surface area contributed by atoms with E-state index in [2.05, 4.69) is 0 Å². The maximum Gasteiger partial charge on any atom is 0.536 e. The second-order valence-corrected chi connectivity index (χ2v) is 14.5. The van der Waals surface area contributed by atoms with Crippen molar-refractivity contribution in [2.45, 2.75) is 0 Å². The first kappa shape index (κ1) is 15.5. The number of hydrogen-bond acceptors (Lipinski definition) is 3. The average molecular weight is 332 g/mol. The Bertz CT molecular complexity index is 372. The van der Waals surface area contributed by atoms with Gasteiger partial charge in [-0.3, -0.25) is 0 Å². The van der Waals surface area contributed by atoms with Crippen LogP contribution in [0.25, 0.3) is 0 Å². The van der Waals surface area contributed by atoms with E-state index in [9.17, 15) is 0 Å². The van der Waals surface area contributed by atoms with Crippen molar-refractivity contribution in [1.82, 2.24) is 0 Å². The van der Waals surface area contributed by atoms with Gasteiger partial charge in [0.1, 0.15) is 0 Å². The maximum atomic E-state index is 6.07. The normalized spacial score (nSPS) is 12.8. The third-order valence-corrected chi connectivity index (χ3v) is 8.21. The zero-order valence-corrected chi connectivity index (χ0v) is 13.9. The Hall–Kier alpha value is 0.404. The van der Waals surface area contributed by atoms with Gasteiger partial charge in [-0.25, -0.2) is 0 Å². The van der Waals surface area contributed by atoms with Gasteiger partial charge < -0.3 is 13.3 Å². The second kappa shape index (κ2) is 6.03. The van der Waals surface area contributed by atoms with Gasteiger partial charge in [0.25, 0.3) is 0 Å². The van der Waals surface area contributed by atoms with Gasteiger partial charge >= 0.3 is 14.8 Å². The summed E-state index contributed by atoms with van der Waals surface area (Å²) in [6.07, 6.45) is 0. The van der Waals surface area contributed by atoms with Crippen LogP contribution in [0.2, 0.25) is 0 Å². The molecule has 0 heterocycles. The first-order valence-electron chi connectivity index (χ1n) is 4.73. The number of rotatable bonds is 5. The van der Waals surface area contributed by atoms with Crippen molar-refractivity contribution in [3.63, 3.8) is 0 Å². The Morgan fingerprint density at radius 2 is 1.24 bits per heavy atom. The van der Waals surface area contributed by atoms with E-state index in [0.717, 1.165) is 0 Å². The lowest BCUT2D eigenvalue weighted by atomic mass is 10.4. The van der Waals surface area contributed by atoms with Gasteiger partial charge in [-0.1, -0.05) is 24.3 Å². The fourth-order valence-electron chi connectivity index (χ4n) is 1.58. The van der Waals surface area contributed by atoms with Crippen molar-refractivity contribution < 1.29 is 13.3 Å². The van der Waals surface area contributed by atoms with Crippen molar-refractivity contribution in [2.24, 2.45) is 0 Å². The van der Waals surface area contributed by atoms with Gasteiger partial charge in [-0.2, -0.15) is 0 Å². The molecule has 0 amide bonds. The number of hydrogen-bond donors (Lipinski definition) is 0. The van der Waals surface area contributed by atoms with Gasteiger partial charge in [0.2, 0.25) is 0 Å². The fraction of sp³-hybridized carbons (Fsp3) is 0.333. The molecule has 0 aliphatic heterocycles. The summed E-state index contributed by atoms with van der Waals surface area (Å²) in [5, 5.41) is 1.35. The second-order valence-electron chi connectivity index (χ2n) is 3.21. The highest BCUT2D eigenvalue weighted by Crippen LogP contribution is 2.20. The summed E-state index contributed by atoms with van der Waals surface area (Å²) < 4.78 is 16.2.